The topological polar surface area (TPSA) is 66.8 Å². The van der Waals surface area contributed by atoms with Crippen LogP contribution in [0.2, 0.25) is 0 Å². The fourth-order valence-electron chi connectivity index (χ4n) is 1.54. The van der Waals surface area contributed by atoms with Gasteiger partial charge in [0.25, 0.3) is 0 Å². The largest absolute Gasteiger partial charge is 0.493 e. The van der Waals surface area contributed by atoms with Crippen molar-refractivity contribution in [1.82, 2.24) is 0 Å². The van der Waals surface area contributed by atoms with Gasteiger partial charge < -0.3 is 14.9 Å². The summed E-state index contributed by atoms with van der Waals surface area (Å²) in [4.78, 5) is 10.9. The molecule has 0 aliphatic heterocycles. The molecule has 100 valence electrons. The lowest BCUT2D eigenvalue weighted by atomic mass is 10.2. The highest BCUT2D eigenvalue weighted by Crippen LogP contribution is 2.20. The van der Waals surface area contributed by atoms with Crippen LogP contribution in [0.15, 0.2) is 18.2 Å². The summed E-state index contributed by atoms with van der Waals surface area (Å²) in [6, 6.07) is 3.37. The van der Waals surface area contributed by atoms with Gasteiger partial charge >= 0.3 is 5.97 Å². The molecule has 0 fully saturated rings. The summed E-state index contributed by atoms with van der Waals surface area (Å²) in [6.07, 6.45) is 3.28. The molecule has 18 heavy (non-hydrogen) atoms. The molecule has 1 rings (SSSR count). The first-order valence-corrected chi connectivity index (χ1v) is 5.91. The predicted molar refractivity (Wildman–Crippen MR) is 64.4 cm³/mol. The zero-order valence-electron chi connectivity index (χ0n) is 10.1. The van der Waals surface area contributed by atoms with E-state index in [9.17, 15) is 9.18 Å². The molecule has 0 amide bonds. The average molecular weight is 256 g/mol. The number of carboxylic acids is 1. The van der Waals surface area contributed by atoms with Crippen molar-refractivity contribution in [3.05, 3.63) is 29.6 Å². The van der Waals surface area contributed by atoms with Crippen molar-refractivity contribution in [1.29, 1.82) is 0 Å². The lowest BCUT2D eigenvalue weighted by Gasteiger charge is -2.09. The van der Waals surface area contributed by atoms with Gasteiger partial charge in [-0.25, -0.2) is 9.18 Å². The molecule has 0 aliphatic rings. The molecule has 4 nitrogen and oxygen atoms in total. The fraction of sp³-hybridized carbons (Fsp3) is 0.462. The van der Waals surface area contributed by atoms with Crippen molar-refractivity contribution < 1.29 is 24.1 Å². The molecular weight excluding hydrogens is 239 g/mol. The summed E-state index contributed by atoms with van der Waals surface area (Å²) in [7, 11) is 0. The number of aliphatic hydroxyl groups excluding tert-OH is 1. The Morgan fingerprint density at radius 3 is 2.61 bits per heavy atom. The molecule has 0 saturated heterocycles. The maximum absolute atomic E-state index is 13.0. The number of rotatable bonds is 8. The Hall–Kier alpha value is -1.62. The Balaban J connectivity index is 2.45. The van der Waals surface area contributed by atoms with Crippen LogP contribution in [-0.4, -0.2) is 29.4 Å². The molecule has 0 radical (unpaired) electrons. The Labute approximate surface area is 105 Å². The standard InChI is InChI=1S/C13H17FO4/c14-10-5-6-11(13(16)17)12(9-10)18-8-4-2-1-3-7-15/h5-6,9,15H,1-4,7-8H2,(H,16,17). The van der Waals surface area contributed by atoms with E-state index >= 15 is 0 Å². The van der Waals surface area contributed by atoms with E-state index < -0.39 is 11.8 Å². The van der Waals surface area contributed by atoms with Crippen molar-refractivity contribution >= 4 is 5.97 Å². The lowest BCUT2D eigenvalue weighted by Crippen LogP contribution is -2.05. The predicted octanol–water partition coefficient (Wildman–Crippen LogP) is 2.46. The summed E-state index contributed by atoms with van der Waals surface area (Å²) in [5.41, 5.74) is -0.0354. The Morgan fingerprint density at radius 1 is 1.22 bits per heavy atom. The van der Waals surface area contributed by atoms with Crippen LogP contribution in [0.1, 0.15) is 36.0 Å². The van der Waals surface area contributed by atoms with Gasteiger partial charge in [-0.1, -0.05) is 6.42 Å². The summed E-state index contributed by atoms with van der Waals surface area (Å²) in [5.74, 6) is -1.59. The molecule has 0 spiro atoms. The second kappa shape index (κ2) is 7.66. The SMILES string of the molecule is O=C(O)c1ccc(F)cc1OCCCCCCO. The lowest BCUT2D eigenvalue weighted by molar-refractivity contribution is 0.0692. The van der Waals surface area contributed by atoms with Crippen molar-refractivity contribution in [3.8, 4) is 5.75 Å². The molecular formula is C13H17FO4. The first kappa shape index (κ1) is 14.4. The van der Waals surface area contributed by atoms with E-state index in [1.54, 1.807) is 0 Å². The second-order valence-corrected chi connectivity index (χ2v) is 3.93. The quantitative estimate of drug-likeness (QED) is 0.701. The van der Waals surface area contributed by atoms with Crippen LogP contribution >= 0.6 is 0 Å². The van der Waals surface area contributed by atoms with Gasteiger partial charge in [-0.2, -0.15) is 0 Å². The van der Waals surface area contributed by atoms with E-state index in [0.29, 0.717) is 6.61 Å². The minimum absolute atomic E-state index is 0.0354. The van der Waals surface area contributed by atoms with Gasteiger partial charge in [0, 0.05) is 12.7 Å². The number of carbonyl (C=O) groups is 1. The molecule has 0 aromatic heterocycles. The van der Waals surface area contributed by atoms with Crippen LogP contribution in [0.5, 0.6) is 5.75 Å². The first-order chi connectivity index (χ1) is 8.65. The molecule has 0 saturated carbocycles. The van der Waals surface area contributed by atoms with Crippen LogP contribution in [0.4, 0.5) is 4.39 Å². The molecule has 0 heterocycles. The number of carboxylic acid groups (broad SMARTS) is 1. The van der Waals surface area contributed by atoms with Gasteiger partial charge in [0.05, 0.1) is 6.61 Å². The monoisotopic (exact) mass is 256 g/mol. The third kappa shape index (κ3) is 4.71. The van der Waals surface area contributed by atoms with Crippen LogP contribution in [0.25, 0.3) is 0 Å². The first-order valence-electron chi connectivity index (χ1n) is 5.91. The molecule has 0 bridgehead atoms. The van der Waals surface area contributed by atoms with Gasteiger partial charge in [0.1, 0.15) is 17.1 Å². The van der Waals surface area contributed by atoms with Crippen LogP contribution in [0, 0.1) is 5.82 Å². The van der Waals surface area contributed by atoms with Gasteiger partial charge in [-0.05, 0) is 31.4 Å². The van der Waals surface area contributed by atoms with Crippen LogP contribution in [0.3, 0.4) is 0 Å². The summed E-state index contributed by atoms with van der Waals surface area (Å²) in [5, 5.41) is 17.5. The Kier molecular flexibility index (Phi) is 6.14. The summed E-state index contributed by atoms with van der Waals surface area (Å²) >= 11 is 0. The van der Waals surface area contributed by atoms with Gasteiger partial charge in [0.2, 0.25) is 0 Å². The highest BCUT2D eigenvalue weighted by Gasteiger charge is 2.11. The fourth-order valence-corrected chi connectivity index (χ4v) is 1.54. The highest BCUT2D eigenvalue weighted by atomic mass is 19.1. The minimum atomic E-state index is -1.13. The summed E-state index contributed by atoms with van der Waals surface area (Å²) < 4.78 is 18.3. The van der Waals surface area contributed by atoms with Crippen molar-refractivity contribution in [2.75, 3.05) is 13.2 Å². The minimum Gasteiger partial charge on any atom is -0.493 e. The molecule has 0 aliphatic carbocycles. The van der Waals surface area contributed by atoms with Crippen molar-refractivity contribution in [3.63, 3.8) is 0 Å². The molecule has 0 atom stereocenters. The number of unbranched alkanes of at least 4 members (excludes halogenated alkanes) is 3. The Morgan fingerprint density at radius 2 is 1.94 bits per heavy atom. The summed E-state index contributed by atoms with van der Waals surface area (Å²) in [6.45, 7) is 0.517. The van der Waals surface area contributed by atoms with E-state index in [-0.39, 0.29) is 17.9 Å². The maximum Gasteiger partial charge on any atom is 0.339 e. The average Bonchev–Trinajstić information content (AvgIpc) is 2.33. The molecule has 1 aromatic rings. The number of hydrogen-bond donors (Lipinski definition) is 2. The van der Waals surface area contributed by atoms with Crippen molar-refractivity contribution in [2.24, 2.45) is 0 Å². The van der Waals surface area contributed by atoms with Gasteiger partial charge in [-0.3, -0.25) is 0 Å². The smallest absolute Gasteiger partial charge is 0.339 e. The van der Waals surface area contributed by atoms with Crippen LogP contribution in [-0.2, 0) is 0 Å². The van der Waals surface area contributed by atoms with E-state index in [4.69, 9.17) is 14.9 Å². The number of aromatic carboxylic acids is 1. The van der Waals surface area contributed by atoms with Gasteiger partial charge in [-0.15, -0.1) is 0 Å². The van der Waals surface area contributed by atoms with Crippen molar-refractivity contribution in [2.45, 2.75) is 25.7 Å². The second-order valence-electron chi connectivity index (χ2n) is 3.93. The number of aliphatic hydroxyl groups is 1. The van der Waals surface area contributed by atoms with E-state index in [2.05, 4.69) is 0 Å². The molecule has 2 N–H and O–H groups in total. The normalized spacial score (nSPS) is 10.3. The number of benzene rings is 1. The van der Waals surface area contributed by atoms with E-state index in [0.717, 1.165) is 37.8 Å². The van der Waals surface area contributed by atoms with E-state index in [1.165, 1.54) is 6.07 Å². The van der Waals surface area contributed by atoms with Crippen LogP contribution < -0.4 is 4.74 Å². The molecule has 0 unspecified atom stereocenters. The third-order valence-electron chi connectivity index (χ3n) is 2.48. The Bertz CT molecular complexity index is 393. The molecule has 1 aromatic carbocycles. The number of hydrogen-bond acceptors (Lipinski definition) is 3. The number of ether oxygens (including phenoxy) is 1. The zero-order chi connectivity index (χ0) is 13.4. The third-order valence-corrected chi connectivity index (χ3v) is 2.48. The van der Waals surface area contributed by atoms with E-state index in [1.807, 2.05) is 0 Å². The highest BCUT2D eigenvalue weighted by molar-refractivity contribution is 5.90. The maximum atomic E-state index is 13.0. The van der Waals surface area contributed by atoms with Gasteiger partial charge in [0.15, 0.2) is 0 Å². The number of halogens is 1. The zero-order valence-corrected chi connectivity index (χ0v) is 10.1. The molecule has 5 heteroatoms.